The molecule has 0 saturated heterocycles. The van der Waals surface area contributed by atoms with Crippen LogP contribution in [0.5, 0.6) is 0 Å². The van der Waals surface area contributed by atoms with Gasteiger partial charge in [-0.05, 0) is 25.0 Å². The number of nitrogens with one attached hydrogen (secondary N) is 1. The number of carbonyl (C=O) groups excluding carboxylic acids is 1. The second kappa shape index (κ2) is 6.85. The van der Waals surface area contributed by atoms with Gasteiger partial charge in [0.25, 0.3) is 5.91 Å². The van der Waals surface area contributed by atoms with Gasteiger partial charge in [0.2, 0.25) is 0 Å². The molecule has 0 aliphatic rings. The Labute approximate surface area is 103 Å². The molecule has 82 valence electrons. The molecular weight excluding hydrogens is 277 g/mol. The Kier molecular flexibility index (Phi) is 5.73. The summed E-state index contributed by atoms with van der Waals surface area (Å²) in [6, 6.07) is 7.06. The number of benzene rings is 1. The van der Waals surface area contributed by atoms with Crippen molar-refractivity contribution in [3.8, 4) is 0 Å². The summed E-state index contributed by atoms with van der Waals surface area (Å²) in [5, 5.41) is 4.29. The Morgan fingerprint density at radius 3 is 2.73 bits per heavy atom. The first-order chi connectivity index (χ1) is 7.25. The van der Waals surface area contributed by atoms with Crippen molar-refractivity contribution in [2.75, 3.05) is 11.9 Å². The molecule has 1 rings (SSSR count). The highest BCUT2D eigenvalue weighted by Crippen LogP contribution is 2.14. The topological polar surface area (TPSA) is 29.1 Å². The van der Waals surface area contributed by atoms with Crippen LogP contribution < -0.4 is 5.32 Å². The van der Waals surface area contributed by atoms with Crippen LogP contribution in [0.2, 0.25) is 5.02 Å². The Morgan fingerprint density at radius 2 is 2.07 bits per heavy atom. The van der Waals surface area contributed by atoms with E-state index in [1.165, 1.54) is 0 Å². The van der Waals surface area contributed by atoms with Gasteiger partial charge >= 0.3 is 0 Å². The highest BCUT2D eigenvalue weighted by atomic mass is 79.9. The van der Waals surface area contributed by atoms with E-state index in [9.17, 15) is 4.79 Å². The molecule has 2 nitrogen and oxygen atoms in total. The summed E-state index contributed by atoms with van der Waals surface area (Å²) in [5.41, 5.74) is 0.540. The number of carbonyl (C=O) groups is 1. The number of alkyl halides is 1. The minimum Gasteiger partial charge on any atom is -0.352 e. The standard InChI is InChI=1S/C11H13BrClNO/c12-7-3-4-8-14-11(15)9-5-1-2-6-10(9)13/h1-2,5-6H,3-4,7-8H2,(H,14,15). The second-order valence-electron chi connectivity index (χ2n) is 3.13. The van der Waals surface area contributed by atoms with Gasteiger partial charge in [-0.15, -0.1) is 0 Å². The van der Waals surface area contributed by atoms with E-state index in [0.29, 0.717) is 17.1 Å². The predicted octanol–water partition coefficient (Wildman–Crippen LogP) is 3.24. The van der Waals surface area contributed by atoms with E-state index >= 15 is 0 Å². The van der Waals surface area contributed by atoms with Gasteiger partial charge in [-0.3, -0.25) is 4.79 Å². The summed E-state index contributed by atoms with van der Waals surface area (Å²) in [6.45, 7) is 0.690. The lowest BCUT2D eigenvalue weighted by Gasteiger charge is -2.05. The Balaban J connectivity index is 2.44. The van der Waals surface area contributed by atoms with Crippen LogP contribution in [0.3, 0.4) is 0 Å². The van der Waals surface area contributed by atoms with Crippen LogP contribution in [0.1, 0.15) is 23.2 Å². The molecule has 1 N–H and O–H groups in total. The maximum atomic E-state index is 11.6. The molecule has 0 saturated carbocycles. The van der Waals surface area contributed by atoms with Crippen molar-refractivity contribution in [1.29, 1.82) is 0 Å². The maximum Gasteiger partial charge on any atom is 0.252 e. The summed E-state index contributed by atoms with van der Waals surface area (Å²) >= 11 is 9.23. The van der Waals surface area contributed by atoms with Crippen LogP contribution >= 0.6 is 27.5 Å². The van der Waals surface area contributed by atoms with E-state index in [1.54, 1.807) is 18.2 Å². The molecule has 0 aromatic heterocycles. The SMILES string of the molecule is O=C(NCCCCBr)c1ccccc1Cl. The molecule has 1 aromatic rings. The third-order valence-electron chi connectivity index (χ3n) is 1.96. The number of halogens is 2. The number of amides is 1. The molecule has 0 fully saturated rings. The predicted molar refractivity (Wildman–Crippen MR) is 66.8 cm³/mol. The lowest BCUT2D eigenvalue weighted by atomic mass is 10.2. The highest BCUT2D eigenvalue weighted by Gasteiger charge is 2.07. The van der Waals surface area contributed by atoms with Crippen LogP contribution in [-0.4, -0.2) is 17.8 Å². The van der Waals surface area contributed by atoms with Crippen molar-refractivity contribution >= 4 is 33.4 Å². The van der Waals surface area contributed by atoms with Crippen molar-refractivity contribution in [2.45, 2.75) is 12.8 Å². The monoisotopic (exact) mass is 289 g/mol. The number of hydrogen-bond acceptors (Lipinski definition) is 1. The van der Waals surface area contributed by atoms with Gasteiger partial charge in [0.05, 0.1) is 10.6 Å². The molecule has 0 unspecified atom stereocenters. The van der Waals surface area contributed by atoms with Gasteiger partial charge in [-0.2, -0.15) is 0 Å². The van der Waals surface area contributed by atoms with E-state index in [0.717, 1.165) is 18.2 Å². The highest BCUT2D eigenvalue weighted by molar-refractivity contribution is 9.09. The van der Waals surface area contributed by atoms with Crippen LogP contribution in [0.15, 0.2) is 24.3 Å². The van der Waals surface area contributed by atoms with E-state index in [4.69, 9.17) is 11.6 Å². The van der Waals surface area contributed by atoms with Gasteiger partial charge < -0.3 is 5.32 Å². The van der Waals surface area contributed by atoms with Gasteiger partial charge in [-0.1, -0.05) is 39.7 Å². The number of rotatable bonds is 5. The first-order valence-electron chi connectivity index (χ1n) is 4.84. The van der Waals surface area contributed by atoms with Crippen molar-refractivity contribution in [3.05, 3.63) is 34.9 Å². The molecule has 0 bridgehead atoms. The quantitative estimate of drug-likeness (QED) is 0.654. The first-order valence-corrected chi connectivity index (χ1v) is 6.34. The number of unbranched alkanes of at least 4 members (excludes halogenated alkanes) is 1. The maximum absolute atomic E-state index is 11.6. The smallest absolute Gasteiger partial charge is 0.252 e. The molecule has 0 radical (unpaired) electrons. The largest absolute Gasteiger partial charge is 0.352 e. The zero-order valence-electron chi connectivity index (χ0n) is 8.30. The molecule has 0 atom stereocenters. The summed E-state index contributed by atoms with van der Waals surface area (Å²) in [6.07, 6.45) is 2.03. The molecule has 1 amide bonds. The summed E-state index contributed by atoms with van der Waals surface area (Å²) in [4.78, 5) is 11.6. The fourth-order valence-corrected chi connectivity index (χ4v) is 1.78. The fourth-order valence-electron chi connectivity index (χ4n) is 1.16. The molecule has 0 aliphatic carbocycles. The van der Waals surface area contributed by atoms with Gasteiger partial charge in [0.15, 0.2) is 0 Å². The Hall–Kier alpha value is -0.540. The molecule has 0 aliphatic heterocycles. The van der Waals surface area contributed by atoms with Crippen LogP contribution in [-0.2, 0) is 0 Å². The average molecular weight is 291 g/mol. The molecule has 1 aromatic carbocycles. The third kappa shape index (κ3) is 4.22. The minimum absolute atomic E-state index is 0.102. The molecule has 4 heteroatoms. The summed E-state index contributed by atoms with van der Waals surface area (Å²) < 4.78 is 0. The number of hydrogen-bond donors (Lipinski definition) is 1. The van der Waals surface area contributed by atoms with E-state index in [-0.39, 0.29) is 5.91 Å². The van der Waals surface area contributed by atoms with E-state index in [1.807, 2.05) is 6.07 Å². The Morgan fingerprint density at radius 1 is 1.33 bits per heavy atom. The zero-order chi connectivity index (χ0) is 11.1. The van der Waals surface area contributed by atoms with Crippen LogP contribution in [0.4, 0.5) is 0 Å². The fraction of sp³-hybridized carbons (Fsp3) is 0.364. The summed E-state index contributed by atoms with van der Waals surface area (Å²) in [7, 11) is 0. The normalized spacial score (nSPS) is 10.0. The second-order valence-corrected chi connectivity index (χ2v) is 4.33. The summed E-state index contributed by atoms with van der Waals surface area (Å²) in [5.74, 6) is -0.102. The molecule has 15 heavy (non-hydrogen) atoms. The molecule has 0 heterocycles. The van der Waals surface area contributed by atoms with Crippen molar-refractivity contribution < 1.29 is 4.79 Å². The van der Waals surface area contributed by atoms with Crippen LogP contribution in [0, 0.1) is 0 Å². The van der Waals surface area contributed by atoms with Crippen molar-refractivity contribution in [1.82, 2.24) is 5.32 Å². The molecule has 0 spiro atoms. The van der Waals surface area contributed by atoms with Gasteiger partial charge in [-0.25, -0.2) is 0 Å². The lowest BCUT2D eigenvalue weighted by Crippen LogP contribution is -2.24. The van der Waals surface area contributed by atoms with Crippen molar-refractivity contribution in [2.24, 2.45) is 0 Å². The van der Waals surface area contributed by atoms with Gasteiger partial charge in [0.1, 0.15) is 0 Å². The van der Waals surface area contributed by atoms with Crippen LogP contribution in [0.25, 0.3) is 0 Å². The van der Waals surface area contributed by atoms with Gasteiger partial charge in [0, 0.05) is 11.9 Å². The van der Waals surface area contributed by atoms with Crippen molar-refractivity contribution in [3.63, 3.8) is 0 Å². The van der Waals surface area contributed by atoms with E-state index < -0.39 is 0 Å². The zero-order valence-corrected chi connectivity index (χ0v) is 10.6. The average Bonchev–Trinajstić information content (AvgIpc) is 2.25. The minimum atomic E-state index is -0.102. The lowest BCUT2D eigenvalue weighted by molar-refractivity contribution is 0.0953. The Bertz CT molecular complexity index is 330. The van der Waals surface area contributed by atoms with E-state index in [2.05, 4.69) is 21.2 Å². The molecular formula is C11H13BrClNO. The third-order valence-corrected chi connectivity index (χ3v) is 2.85. The first kappa shape index (κ1) is 12.5.